The summed E-state index contributed by atoms with van der Waals surface area (Å²) in [5, 5.41) is 0. The van der Waals surface area contributed by atoms with Crippen LogP contribution in [0.2, 0.25) is 0 Å². The second kappa shape index (κ2) is 4.56. The topological polar surface area (TPSA) is 0 Å². The lowest BCUT2D eigenvalue weighted by Crippen LogP contribution is -1.93. The summed E-state index contributed by atoms with van der Waals surface area (Å²) >= 11 is 4.95. The summed E-state index contributed by atoms with van der Waals surface area (Å²) < 4.78 is 0. The maximum absolute atomic E-state index is 4.95. The van der Waals surface area contributed by atoms with Gasteiger partial charge in [0.15, 0.2) is 0 Å². The SMILES string of the molecule is CC(C)Cc1ccc(C[S])cc1. The molecule has 0 aliphatic heterocycles. The standard InChI is InChI=1S/C11H15S/c1-9(2)7-10-3-5-11(8-12)6-4-10/h3-6,9H,7-8H2,1-2H3. The fourth-order valence-electron chi connectivity index (χ4n) is 1.24. The Morgan fingerprint density at radius 2 is 1.58 bits per heavy atom. The normalized spacial score (nSPS) is 10.7. The molecule has 0 aromatic heterocycles. The fourth-order valence-corrected chi connectivity index (χ4v) is 1.44. The van der Waals surface area contributed by atoms with E-state index < -0.39 is 0 Å². The van der Waals surface area contributed by atoms with E-state index in [1.54, 1.807) is 0 Å². The Hall–Kier alpha value is -0.430. The highest BCUT2D eigenvalue weighted by molar-refractivity contribution is 7.79. The summed E-state index contributed by atoms with van der Waals surface area (Å²) in [6.07, 6.45) is 1.16. The van der Waals surface area contributed by atoms with E-state index in [9.17, 15) is 0 Å². The number of benzene rings is 1. The van der Waals surface area contributed by atoms with E-state index in [0.717, 1.165) is 18.1 Å². The van der Waals surface area contributed by atoms with Gasteiger partial charge in [0.1, 0.15) is 0 Å². The first-order chi connectivity index (χ1) is 5.72. The van der Waals surface area contributed by atoms with E-state index in [1.807, 2.05) is 0 Å². The molecular formula is C11H15S. The number of hydrogen-bond acceptors (Lipinski definition) is 0. The van der Waals surface area contributed by atoms with E-state index in [1.165, 1.54) is 11.1 Å². The lowest BCUT2D eigenvalue weighted by Gasteiger charge is -2.04. The Labute approximate surface area is 80.4 Å². The van der Waals surface area contributed by atoms with Crippen molar-refractivity contribution in [3.63, 3.8) is 0 Å². The number of hydrogen-bond donors (Lipinski definition) is 0. The Balaban J connectivity index is 2.65. The maximum atomic E-state index is 4.95. The van der Waals surface area contributed by atoms with Crippen LogP contribution < -0.4 is 0 Å². The van der Waals surface area contributed by atoms with E-state index >= 15 is 0 Å². The summed E-state index contributed by atoms with van der Waals surface area (Å²) in [7, 11) is 0. The van der Waals surface area contributed by atoms with Crippen LogP contribution in [0.25, 0.3) is 0 Å². The summed E-state index contributed by atoms with van der Waals surface area (Å²) in [6, 6.07) is 8.62. The molecule has 1 rings (SSSR count). The van der Waals surface area contributed by atoms with E-state index in [-0.39, 0.29) is 0 Å². The minimum absolute atomic E-state index is 0.724. The van der Waals surface area contributed by atoms with Crippen LogP contribution in [0.1, 0.15) is 25.0 Å². The van der Waals surface area contributed by atoms with Crippen molar-refractivity contribution in [1.82, 2.24) is 0 Å². The predicted octanol–water partition coefficient (Wildman–Crippen LogP) is 3.58. The zero-order chi connectivity index (χ0) is 8.97. The highest BCUT2D eigenvalue weighted by Crippen LogP contribution is 2.10. The molecule has 1 radical (unpaired) electrons. The molecule has 0 bridgehead atoms. The molecule has 0 saturated carbocycles. The first kappa shape index (κ1) is 9.66. The quantitative estimate of drug-likeness (QED) is 0.665. The second-order valence-electron chi connectivity index (χ2n) is 3.56. The first-order valence-corrected chi connectivity index (χ1v) is 4.96. The van der Waals surface area contributed by atoms with Gasteiger partial charge >= 0.3 is 0 Å². The highest BCUT2D eigenvalue weighted by atomic mass is 32.1. The van der Waals surface area contributed by atoms with Crippen LogP contribution in [-0.4, -0.2) is 0 Å². The van der Waals surface area contributed by atoms with Crippen molar-refractivity contribution in [1.29, 1.82) is 0 Å². The minimum Gasteiger partial charge on any atom is -0.0890 e. The fraction of sp³-hybridized carbons (Fsp3) is 0.455. The first-order valence-electron chi connectivity index (χ1n) is 4.38. The van der Waals surface area contributed by atoms with Gasteiger partial charge in [0.05, 0.1) is 0 Å². The van der Waals surface area contributed by atoms with Crippen molar-refractivity contribution >= 4 is 12.6 Å². The molecule has 65 valence electrons. The number of rotatable bonds is 3. The lowest BCUT2D eigenvalue weighted by molar-refractivity contribution is 0.647. The Bertz CT molecular complexity index is 223. The van der Waals surface area contributed by atoms with Crippen molar-refractivity contribution in [3.05, 3.63) is 35.4 Å². The Morgan fingerprint density at radius 3 is 2.00 bits per heavy atom. The summed E-state index contributed by atoms with van der Waals surface area (Å²) in [6.45, 7) is 4.47. The molecule has 12 heavy (non-hydrogen) atoms. The molecule has 0 aliphatic carbocycles. The van der Waals surface area contributed by atoms with Crippen LogP contribution in [0.4, 0.5) is 0 Å². The lowest BCUT2D eigenvalue weighted by atomic mass is 10.0. The third-order valence-corrected chi connectivity index (χ3v) is 2.17. The largest absolute Gasteiger partial charge is 0.0890 e. The van der Waals surface area contributed by atoms with Gasteiger partial charge in [-0.15, -0.1) is 0 Å². The predicted molar refractivity (Wildman–Crippen MR) is 56.3 cm³/mol. The Kier molecular flexibility index (Phi) is 3.67. The van der Waals surface area contributed by atoms with E-state index in [4.69, 9.17) is 12.6 Å². The highest BCUT2D eigenvalue weighted by Gasteiger charge is 1.96. The molecule has 0 heterocycles. The van der Waals surface area contributed by atoms with Crippen molar-refractivity contribution in [2.24, 2.45) is 5.92 Å². The van der Waals surface area contributed by atoms with Crippen molar-refractivity contribution in [2.45, 2.75) is 26.0 Å². The molecule has 0 amide bonds. The van der Waals surface area contributed by atoms with Gasteiger partial charge in [-0.05, 0) is 23.5 Å². The van der Waals surface area contributed by atoms with E-state index in [0.29, 0.717) is 0 Å². The summed E-state index contributed by atoms with van der Waals surface area (Å²) in [5.74, 6) is 1.46. The van der Waals surface area contributed by atoms with Crippen LogP contribution in [-0.2, 0) is 12.2 Å². The molecule has 1 aromatic rings. The average molecular weight is 179 g/mol. The summed E-state index contributed by atoms with van der Waals surface area (Å²) in [5.41, 5.74) is 2.66. The van der Waals surface area contributed by atoms with Crippen LogP contribution in [0.3, 0.4) is 0 Å². The maximum Gasteiger partial charge on any atom is 0.0288 e. The molecule has 0 saturated heterocycles. The van der Waals surface area contributed by atoms with Gasteiger partial charge in [0.25, 0.3) is 0 Å². The monoisotopic (exact) mass is 179 g/mol. The van der Waals surface area contributed by atoms with Crippen LogP contribution >= 0.6 is 12.6 Å². The third kappa shape index (κ3) is 2.90. The van der Waals surface area contributed by atoms with Crippen LogP contribution in [0.15, 0.2) is 24.3 Å². The minimum atomic E-state index is 0.724. The van der Waals surface area contributed by atoms with Crippen molar-refractivity contribution in [2.75, 3.05) is 0 Å². The molecule has 1 aromatic carbocycles. The second-order valence-corrected chi connectivity index (χ2v) is 3.85. The molecule has 0 atom stereocenters. The van der Waals surface area contributed by atoms with Gasteiger partial charge in [-0.25, -0.2) is 0 Å². The molecule has 0 fully saturated rings. The molecule has 0 N–H and O–H groups in total. The van der Waals surface area contributed by atoms with Crippen molar-refractivity contribution in [3.8, 4) is 0 Å². The average Bonchev–Trinajstić information content (AvgIpc) is 2.05. The van der Waals surface area contributed by atoms with E-state index in [2.05, 4.69) is 38.1 Å². The van der Waals surface area contributed by atoms with Gasteiger partial charge in [0, 0.05) is 5.75 Å². The molecule has 1 heteroatoms. The van der Waals surface area contributed by atoms with Crippen molar-refractivity contribution < 1.29 is 0 Å². The van der Waals surface area contributed by atoms with Gasteiger partial charge in [-0.1, -0.05) is 50.7 Å². The zero-order valence-corrected chi connectivity index (χ0v) is 8.53. The molecule has 0 aliphatic rings. The molecule has 0 unspecified atom stereocenters. The van der Waals surface area contributed by atoms with Gasteiger partial charge < -0.3 is 0 Å². The van der Waals surface area contributed by atoms with Gasteiger partial charge in [-0.2, -0.15) is 0 Å². The van der Waals surface area contributed by atoms with Crippen LogP contribution in [0, 0.1) is 5.92 Å². The third-order valence-electron chi connectivity index (χ3n) is 1.83. The molecule has 0 nitrogen and oxygen atoms in total. The van der Waals surface area contributed by atoms with Gasteiger partial charge in [0.2, 0.25) is 0 Å². The smallest absolute Gasteiger partial charge is 0.0288 e. The molecule has 0 spiro atoms. The Morgan fingerprint density at radius 1 is 1.08 bits per heavy atom. The van der Waals surface area contributed by atoms with Gasteiger partial charge in [-0.3, -0.25) is 0 Å². The zero-order valence-electron chi connectivity index (χ0n) is 7.71. The summed E-state index contributed by atoms with van der Waals surface area (Å²) in [4.78, 5) is 0. The van der Waals surface area contributed by atoms with Crippen LogP contribution in [0.5, 0.6) is 0 Å². The molecular weight excluding hydrogens is 164 g/mol.